The maximum absolute atomic E-state index is 6.05. The maximum atomic E-state index is 6.05. The van der Waals surface area contributed by atoms with E-state index in [4.69, 9.17) is 21.9 Å². The lowest BCUT2D eigenvalue weighted by Crippen LogP contribution is -2.22. The lowest BCUT2D eigenvalue weighted by Gasteiger charge is -2.08. The molecule has 1 aliphatic rings. The van der Waals surface area contributed by atoms with Gasteiger partial charge in [0.05, 0.1) is 11.7 Å². The Labute approximate surface area is 127 Å². The molecule has 2 unspecified atom stereocenters. The second kappa shape index (κ2) is 6.16. The van der Waals surface area contributed by atoms with Crippen LogP contribution in [-0.4, -0.2) is 16.2 Å². The van der Waals surface area contributed by atoms with Crippen molar-refractivity contribution in [2.24, 2.45) is 5.73 Å². The molecule has 3 rings (SSSR count). The van der Waals surface area contributed by atoms with Gasteiger partial charge in [0.2, 0.25) is 5.89 Å². The van der Waals surface area contributed by atoms with Gasteiger partial charge in [-0.25, -0.2) is 0 Å². The molecular formula is C14H16ClN3OS. The van der Waals surface area contributed by atoms with E-state index in [2.05, 4.69) is 10.1 Å². The summed E-state index contributed by atoms with van der Waals surface area (Å²) in [5.41, 5.74) is 6.05. The van der Waals surface area contributed by atoms with Crippen LogP contribution in [0.25, 0.3) is 0 Å². The summed E-state index contributed by atoms with van der Waals surface area (Å²) in [5, 5.41) is 4.77. The van der Waals surface area contributed by atoms with Gasteiger partial charge >= 0.3 is 0 Å². The lowest BCUT2D eigenvalue weighted by molar-refractivity contribution is 0.342. The van der Waals surface area contributed by atoms with Crippen molar-refractivity contribution < 1.29 is 4.52 Å². The predicted molar refractivity (Wildman–Crippen MR) is 79.9 cm³/mol. The van der Waals surface area contributed by atoms with Crippen molar-refractivity contribution in [3.8, 4) is 0 Å². The topological polar surface area (TPSA) is 64.9 Å². The van der Waals surface area contributed by atoms with Gasteiger partial charge in [-0.05, 0) is 31.0 Å². The summed E-state index contributed by atoms with van der Waals surface area (Å²) < 4.78 is 5.35. The summed E-state index contributed by atoms with van der Waals surface area (Å²) in [6.07, 6.45) is 3.23. The normalized spacial score (nSPS) is 22.3. The minimum atomic E-state index is 0.156. The molecule has 2 N–H and O–H groups in total. The first-order valence-corrected chi connectivity index (χ1v) is 8.05. The number of hydrogen-bond acceptors (Lipinski definition) is 5. The molecule has 1 heterocycles. The smallest absolute Gasteiger partial charge is 0.231 e. The third-order valence-corrected chi connectivity index (χ3v) is 4.76. The average molecular weight is 310 g/mol. The van der Waals surface area contributed by atoms with Crippen LogP contribution in [0.1, 0.15) is 36.9 Å². The molecule has 0 saturated heterocycles. The summed E-state index contributed by atoms with van der Waals surface area (Å²) in [7, 11) is 0. The number of thioether (sulfide) groups is 1. The average Bonchev–Trinajstić information content (AvgIpc) is 3.05. The number of halogens is 1. The molecule has 2 aromatic rings. The third kappa shape index (κ3) is 3.16. The Morgan fingerprint density at radius 2 is 2.30 bits per heavy atom. The Morgan fingerprint density at radius 3 is 3.05 bits per heavy atom. The highest BCUT2D eigenvalue weighted by Gasteiger charge is 2.30. The van der Waals surface area contributed by atoms with Crippen LogP contribution in [0.3, 0.4) is 0 Å². The van der Waals surface area contributed by atoms with Gasteiger partial charge in [-0.2, -0.15) is 4.98 Å². The zero-order valence-corrected chi connectivity index (χ0v) is 12.5. The summed E-state index contributed by atoms with van der Waals surface area (Å²) in [6, 6.07) is 7.90. The van der Waals surface area contributed by atoms with E-state index < -0.39 is 0 Å². The fourth-order valence-corrected chi connectivity index (χ4v) is 3.53. The van der Waals surface area contributed by atoms with Crippen molar-refractivity contribution in [3.05, 3.63) is 41.0 Å². The van der Waals surface area contributed by atoms with Gasteiger partial charge in [-0.1, -0.05) is 29.2 Å². The van der Waals surface area contributed by atoms with Gasteiger partial charge in [-0.3, -0.25) is 0 Å². The van der Waals surface area contributed by atoms with Gasteiger partial charge in [0.25, 0.3) is 0 Å². The molecular weight excluding hydrogens is 294 g/mol. The van der Waals surface area contributed by atoms with Crippen molar-refractivity contribution in [1.29, 1.82) is 0 Å². The fraction of sp³-hybridized carbons (Fsp3) is 0.429. The van der Waals surface area contributed by atoms with Gasteiger partial charge in [0.1, 0.15) is 0 Å². The summed E-state index contributed by atoms with van der Waals surface area (Å²) in [4.78, 5) is 5.57. The van der Waals surface area contributed by atoms with Crippen molar-refractivity contribution >= 4 is 23.4 Å². The number of nitrogens with two attached hydrogens (primary N) is 1. The second-order valence-electron chi connectivity index (χ2n) is 5.00. The summed E-state index contributed by atoms with van der Waals surface area (Å²) >= 11 is 7.60. The molecule has 20 heavy (non-hydrogen) atoms. The Kier molecular flexibility index (Phi) is 4.29. The largest absolute Gasteiger partial charge is 0.339 e. The highest BCUT2D eigenvalue weighted by molar-refractivity contribution is 7.98. The third-order valence-electron chi connectivity index (χ3n) is 3.53. The van der Waals surface area contributed by atoms with Crippen molar-refractivity contribution in [2.75, 3.05) is 0 Å². The molecule has 0 aliphatic heterocycles. The van der Waals surface area contributed by atoms with E-state index >= 15 is 0 Å². The zero-order valence-electron chi connectivity index (χ0n) is 11.0. The standard InChI is InChI=1S/C14H16ClN3OS/c15-9-3-1-4-10(7-9)20-8-13-17-14(19-18-13)11-5-2-6-12(11)16/h1,3-4,7,11-12H,2,5-6,8,16H2. The maximum Gasteiger partial charge on any atom is 0.231 e. The molecule has 1 saturated carbocycles. The minimum absolute atomic E-state index is 0.156. The number of nitrogens with zero attached hydrogens (tertiary/aromatic N) is 2. The number of hydrogen-bond donors (Lipinski definition) is 1. The van der Waals surface area contributed by atoms with Crippen molar-refractivity contribution in [1.82, 2.24) is 10.1 Å². The van der Waals surface area contributed by atoms with Crippen LogP contribution < -0.4 is 5.73 Å². The molecule has 106 valence electrons. The quantitative estimate of drug-likeness (QED) is 0.874. The van der Waals surface area contributed by atoms with Crippen LogP contribution in [0.4, 0.5) is 0 Å². The number of benzene rings is 1. The Balaban J connectivity index is 1.63. The summed E-state index contributed by atoms with van der Waals surface area (Å²) in [5.74, 6) is 2.31. The molecule has 0 bridgehead atoms. The number of rotatable bonds is 4. The van der Waals surface area contributed by atoms with Crippen LogP contribution in [0.2, 0.25) is 5.02 Å². The van der Waals surface area contributed by atoms with Crippen LogP contribution in [-0.2, 0) is 5.75 Å². The van der Waals surface area contributed by atoms with E-state index in [0.717, 1.165) is 29.2 Å². The van der Waals surface area contributed by atoms with E-state index in [9.17, 15) is 0 Å². The van der Waals surface area contributed by atoms with Crippen molar-refractivity contribution in [2.45, 2.75) is 41.9 Å². The molecule has 1 aromatic carbocycles. The van der Waals surface area contributed by atoms with E-state index in [-0.39, 0.29) is 12.0 Å². The van der Waals surface area contributed by atoms with Crippen LogP contribution in [0, 0.1) is 0 Å². The first kappa shape index (κ1) is 13.9. The van der Waals surface area contributed by atoms with E-state index in [1.807, 2.05) is 24.3 Å². The molecule has 0 radical (unpaired) electrons. The van der Waals surface area contributed by atoms with Gasteiger partial charge in [0, 0.05) is 16.0 Å². The fourth-order valence-electron chi connectivity index (χ4n) is 2.48. The monoisotopic (exact) mass is 309 g/mol. The summed E-state index contributed by atoms with van der Waals surface area (Å²) in [6.45, 7) is 0. The Bertz CT molecular complexity index is 589. The van der Waals surface area contributed by atoms with E-state index in [1.54, 1.807) is 11.8 Å². The van der Waals surface area contributed by atoms with Crippen molar-refractivity contribution in [3.63, 3.8) is 0 Å². The van der Waals surface area contributed by atoms with Gasteiger partial charge < -0.3 is 10.3 Å². The van der Waals surface area contributed by atoms with Gasteiger partial charge in [-0.15, -0.1) is 11.8 Å². The van der Waals surface area contributed by atoms with Crippen LogP contribution in [0.15, 0.2) is 33.7 Å². The molecule has 4 nitrogen and oxygen atoms in total. The predicted octanol–water partition coefficient (Wildman–Crippen LogP) is 3.61. The lowest BCUT2D eigenvalue weighted by atomic mass is 10.1. The first-order chi connectivity index (χ1) is 9.72. The molecule has 0 amide bonds. The van der Waals surface area contributed by atoms with E-state index in [1.165, 1.54) is 0 Å². The highest BCUT2D eigenvalue weighted by Crippen LogP contribution is 2.32. The zero-order chi connectivity index (χ0) is 13.9. The molecule has 2 atom stereocenters. The SMILES string of the molecule is NC1CCCC1c1nc(CSc2cccc(Cl)c2)no1. The highest BCUT2D eigenvalue weighted by atomic mass is 35.5. The number of aromatic nitrogens is 2. The van der Waals surface area contributed by atoms with Crippen LogP contribution in [0.5, 0.6) is 0 Å². The molecule has 0 spiro atoms. The molecule has 6 heteroatoms. The van der Waals surface area contributed by atoms with Crippen LogP contribution >= 0.6 is 23.4 Å². The van der Waals surface area contributed by atoms with E-state index in [0.29, 0.717) is 17.5 Å². The Morgan fingerprint density at radius 1 is 1.40 bits per heavy atom. The minimum Gasteiger partial charge on any atom is -0.339 e. The second-order valence-corrected chi connectivity index (χ2v) is 6.48. The molecule has 1 fully saturated rings. The molecule has 1 aliphatic carbocycles. The van der Waals surface area contributed by atoms with Gasteiger partial charge in [0.15, 0.2) is 5.82 Å². The molecule has 1 aromatic heterocycles. The Hall–Kier alpha value is -1.04. The first-order valence-electron chi connectivity index (χ1n) is 6.69.